The molecule has 0 saturated carbocycles. The van der Waals surface area contributed by atoms with E-state index in [4.69, 9.17) is 14.5 Å². The fourth-order valence-corrected chi connectivity index (χ4v) is 8.23. The van der Waals surface area contributed by atoms with Crippen molar-refractivity contribution in [2.45, 2.75) is 69.2 Å². The molecule has 2 N–H and O–H groups in total. The molecular formula is C34H34F6N6O4. The molecule has 0 spiro atoms. The standard InChI is InChI=1S/C34H34F6N6O4/c1-2-48-31-25-28(26(37)27(42-31)22-11-21(47)10-17-4-7-23(36)29(24(17)22)50-34(38,39)40)43-32(44-30(25)45-14-19-5-6-20(15-45)41-19)49-16-33-8-3-9-46(33)13-18(35)12-33/h4,7,10-11,18-20,41,47H,2-3,5-6,8-9,12-16H2,1H3/t18-,19-,20+,33+/m1/s1. The lowest BCUT2D eigenvalue weighted by Crippen LogP contribution is -2.51. The van der Waals surface area contributed by atoms with Crippen LogP contribution in [-0.2, 0) is 0 Å². The maximum Gasteiger partial charge on any atom is 0.573 e. The Balaban J connectivity index is 1.33. The zero-order chi connectivity index (χ0) is 34.9. The lowest BCUT2D eigenvalue weighted by atomic mass is 9.95. The van der Waals surface area contributed by atoms with E-state index in [1.165, 1.54) is 0 Å². The number of alkyl halides is 4. The van der Waals surface area contributed by atoms with Crippen molar-refractivity contribution in [2.75, 3.05) is 44.3 Å². The summed E-state index contributed by atoms with van der Waals surface area (Å²) in [6.45, 7) is 3.92. The topological polar surface area (TPSA) is 105 Å². The normalized spacial score (nSPS) is 25.1. The van der Waals surface area contributed by atoms with Gasteiger partial charge < -0.3 is 29.5 Å². The van der Waals surface area contributed by atoms with Crippen LogP contribution >= 0.6 is 0 Å². The van der Waals surface area contributed by atoms with Gasteiger partial charge in [-0.15, -0.1) is 13.2 Å². The smallest absolute Gasteiger partial charge is 0.508 e. The van der Waals surface area contributed by atoms with E-state index in [2.05, 4.69) is 24.9 Å². The van der Waals surface area contributed by atoms with Gasteiger partial charge in [-0.2, -0.15) is 9.97 Å². The third-order valence-electron chi connectivity index (χ3n) is 10.2. The Hall–Kier alpha value is -4.31. The molecule has 4 fully saturated rings. The van der Waals surface area contributed by atoms with Crippen LogP contribution in [0.4, 0.5) is 32.2 Å². The van der Waals surface area contributed by atoms with Gasteiger partial charge in [-0.05, 0) is 62.7 Å². The second-order valence-corrected chi connectivity index (χ2v) is 13.5. The number of hydrogen-bond acceptors (Lipinski definition) is 10. The highest BCUT2D eigenvalue weighted by Crippen LogP contribution is 2.46. The average Bonchev–Trinajstić information content (AvgIpc) is 3.71. The number of phenols is 1. The fraction of sp³-hybridized carbons (Fsp3) is 0.500. The Morgan fingerprint density at radius 2 is 1.80 bits per heavy atom. The highest BCUT2D eigenvalue weighted by molar-refractivity contribution is 6.04. The molecule has 4 aromatic rings. The van der Waals surface area contributed by atoms with Crippen molar-refractivity contribution in [1.29, 1.82) is 0 Å². The predicted octanol–water partition coefficient (Wildman–Crippen LogP) is 6.02. The number of piperazine rings is 1. The number of nitrogens with zero attached hydrogens (tertiary/aromatic N) is 5. The molecule has 0 radical (unpaired) electrons. The number of pyridine rings is 1. The van der Waals surface area contributed by atoms with Gasteiger partial charge in [0.1, 0.15) is 40.9 Å². The molecule has 0 aliphatic carbocycles. The molecule has 2 aromatic heterocycles. The van der Waals surface area contributed by atoms with Crippen molar-refractivity contribution in [3.63, 3.8) is 0 Å². The van der Waals surface area contributed by atoms with Crippen LogP contribution in [-0.4, -0.2) is 94.5 Å². The van der Waals surface area contributed by atoms with E-state index in [9.17, 15) is 22.7 Å². The second-order valence-electron chi connectivity index (χ2n) is 13.5. The van der Waals surface area contributed by atoms with Crippen molar-refractivity contribution in [3.05, 3.63) is 35.9 Å². The van der Waals surface area contributed by atoms with Crippen LogP contribution in [0.15, 0.2) is 24.3 Å². The number of halogens is 6. The lowest BCUT2D eigenvalue weighted by molar-refractivity contribution is -0.275. The molecule has 10 nitrogen and oxygen atoms in total. The summed E-state index contributed by atoms with van der Waals surface area (Å²) in [5, 5.41) is 13.7. The van der Waals surface area contributed by atoms with Gasteiger partial charge in [0, 0.05) is 49.1 Å². The molecule has 8 rings (SSSR count). The first-order valence-corrected chi connectivity index (χ1v) is 16.7. The first kappa shape index (κ1) is 32.9. The number of aromatic hydroxyl groups is 1. The van der Waals surface area contributed by atoms with E-state index >= 15 is 8.78 Å². The minimum Gasteiger partial charge on any atom is -0.508 e. The third-order valence-corrected chi connectivity index (χ3v) is 10.2. The van der Waals surface area contributed by atoms with Crippen LogP contribution in [0.25, 0.3) is 32.9 Å². The summed E-state index contributed by atoms with van der Waals surface area (Å²) in [6.07, 6.45) is -2.53. The Morgan fingerprint density at radius 1 is 1.02 bits per heavy atom. The van der Waals surface area contributed by atoms with E-state index in [1.54, 1.807) is 6.92 Å². The molecule has 50 heavy (non-hydrogen) atoms. The predicted molar refractivity (Wildman–Crippen MR) is 170 cm³/mol. The van der Waals surface area contributed by atoms with Crippen molar-refractivity contribution < 1.29 is 45.7 Å². The number of aromatic nitrogens is 3. The van der Waals surface area contributed by atoms with E-state index in [1.807, 2.05) is 4.90 Å². The molecular weight excluding hydrogens is 670 g/mol. The Morgan fingerprint density at radius 3 is 2.54 bits per heavy atom. The number of fused-ring (bicyclic) bond motifs is 5. The molecule has 4 aliphatic rings. The van der Waals surface area contributed by atoms with Gasteiger partial charge >= 0.3 is 12.4 Å². The van der Waals surface area contributed by atoms with Gasteiger partial charge in [0.15, 0.2) is 17.4 Å². The number of ether oxygens (including phenoxy) is 3. The van der Waals surface area contributed by atoms with Gasteiger partial charge in [0.25, 0.3) is 0 Å². The molecule has 4 saturated heterocycles. The summed E-state index contributed by atoms with van der Waals surface area (Å²) >= 11 is 0. The molecule has 266 valence electrons. The highest BCUT2D eigenvalue weighted by Gasteiger charge is 2.49. The first-order chi connectivity index (χ1) is 23.9. The number of benzene rings is 2. The molecule has 4 aliphatic heterocycles. The number of rotatable bonds is 8. The average molecular weight is 705 g/mol. The van der Waals surface area contributed by atoms with Crippen molar-refractivity contribution in [3.8, 4) is 34.6 Å². The number of hydrogen-bond donors (Lipinski definition) is 2. The minimum absolute atomic E-state index is 0.0632. The summed E-state index contributed by atoms with van der Waals surface area (Å²) in [7, 11) is 0. The summed E-state index contributed by atoms with van der Waals surface area (Å²) in [6, 6.07) is 4.12. The second kappa shape index (κ2) is 12.2. The van der Waals surface area contributed by atoms with Gasteiger partial charge in [-0.3, -0.25) is 4.90 Å². The lowest BCUT2D eigenvalue weighted by Gasteiger charge is -2.35. The summed E-state index contributed by atoms with van der Waals surface area (Å²) in [4.78, 5) is 17.7. The van der Waals surface area contributed by atoms with E-state index in [0.29, 0.717) is 25.5 Å². The molecule has 6 heterocycles. The highest BCUT2D eigenvalue weighted by atomic mass is 19.4. The summed E-state index contributed by atoms with van der Waals surface area (Å²) in [5.41, 5.74) is -1.80. The SMILES string of the molecule is CCOc1nc(-c2cc(O)cc3ccc(F)c(OC(F)(F)F)c23)c(F)c2nc(OC[C@@]34CCCN3C[C@H](F)C4)nc(N3C[C@H]4CC[C@@H](C3)N4)c12. The van der Waals surface area contributed by atoms with Crippen LogP contribution in [0.2, 0.25) is 0 Å². The first-order valence-electron chi connectivity index (χ1n) is 16.7. The van der Waals surface area contributed by atoms with Crippen molar-refractivity contribution in [1.82, 2.24) is 25.2 Å². The van der Waals surface area contributed by atoms with E-state index in [0.717, 1.165) is 56.5 Å². The number of anilines is 1. The quantitative estimate of drug-likeness (QED) is 0.212. The van der Waals surface area contributed by atoms with Crippen LogP contribution < -0.4 is 24.4 Å². The molecule has 0 unspecified atom stereocenters. The summed E-state index contributed by atoms with van der Waals surface area (Å²) < 4.78 is 103. The Bertz CT molecular complexity index is 1970. The molecule has 2 aromatic carbocycles. The molecule has 4 atom stereocenters. The van der Waals surface area contributed by atoms with Crippen LogP contribution in [0.1, 0.15) is 39.0 Å². The Labute approximate surface area is 282 Å². The van der Waals surface area contributed by atoms with Gasteiger partial charge in [-0.25, -0.2) is 18.2 Å². The van der Waals surface area contributed by atoms with Gasteiger partial charge in [-0.1, -0.05) is 6.07 Å². The van der Waals surface area contributed by atoms with Crippen molar-refractivity contribution in [2.24, 2.45) is 0 Å². The third kappa shape index (κ3) is 5.75. The zero-order valence-corrected chi connectivity index (χ0v) is 27.0. The number of nitrogens with one attached hydrogen (secondary N) is 1. The van der Waals surface area contributed by atoms with Crippen LogP contribution in [0, 0.1) is 11.6 Å². The molecule has 0 amide bonds. The maximum atomic E-state index is 17.1. The van der Waals surface area contributed by atoms with E-state index in [-0.39, 0.29) is 65.5 Å². The van der Waals surface area contributed by atoms with Gasteiger partial charge in [0.2, 0.25) is 5.88 Å². The van der Waals surface area contributed by atoms with Gasteiger partial charge in [0.05, 0.1) is 12.1 Å². The molecule has 2 bridgehead atoms. The monoisotopic (exact) mass is 704 g/mol. The van der Waals surface area contributed by atoms with Crippen molar-refractivity contribution >= 4 is 27.5 Å². The zero-order valence-electron chi connectivity index (χ0n) is 27.0. The van der Waals surface area contributed by atoms with Crippen LogP contribution in [0.3, 0.4) is 0 Å². The number of phenolic OH excluding ortho intramolecular Hbond substituents is 1. The minimum atomic E-state index is -5.29. The Kier molecular flexibility index (Phi) is 8.01. The van der Waals surface area contributed by atoms with E-state index < -0.39 is 52.3 Å². The fourth-order valence-electron chi connectivity index (χ4n) is 8.23. The largest absolute Gasteiger partial charge is 0.573 e. The maximum absolute atomic E-state index is 17.1. The summed E-state index contributed by atoms with van der Waals surface area (Å²) in [5.74, 6) is -3.92. The molecule has 16 heteroatoms. The van der Waals surface area contributed by atoms with Crippen LogP contribution in [0.5, 0.6) is 23.4 Å².